The number of H-pyrrole nitrogens is 1. The van der Waals surface area contributed by atoms with Crippen LogP contribution in [0.5, 0.6) is 5.75 Å². The molecule has 0 aliphatic carbocycles. The van der Waals surface area contributed by atoms with Crippen molar-refractivity contribution in [3.63, 3.8) is 0 Å². The maximum absolute atomic E-state index is 10.6. The molecule has 3 nitrogen and oxygen atoms in total. The minimum absolute atomic E-state index is 0.181. The van der Waals surface area contributed by atoms with Crippen LogP contribution < -0.4 is 10.3 Å². The fourth-order valence-corrected chi connectivity index (χ4v) is 0.594. The van der Waals surface area contributed by atoms with E-state index in [4.69, 9.17) is 4.74 Å². The first-order chi connectivity index (χ1) is 4.83. The van der Waals surface area contributed by atoms with Gasteiger partial charge in [-0.1, -0.05) is 6.58 Å². The number of ether oxygens (including phenoxy) is 1. The lowest BCUT2D eigenvalue weighted by Crippen LogP contribution is -2.01. The summed E-state index contributed by atoms with van der Waals surface area (Å²) in [6, 6.07) is 2.99. The van der Waals surface area contributed by atoms with E-state index < -0.39 is 0 Å². The molecule has 1 N–H and O–H groups in total. The second kappa shape index (κ2) is 2.87. The Morgan fingerprint density at radius 1 is 1.70 bits per heavy atom. The fraction of sp³-hybridized carbons (Fsp3) is 0. The average Bonchev–Trinajstić information content (AvgIpc) is 1.88. The third kappa shape index (κ3) is 1.48. The van der Waals surface area contributed by atoms with E-state index in [1.54, 1.807) is 6.07 Å². The van der Waals surface area contributed by atoms with Crippen molar-refractivity contribution in [2.45, 2.75) is 0 Å². The standard InChI is InChI=1S/C7H7NO2/c1-2-10-6-3-4-8-7(9)5-6/h2-5H,1H2,(H,8,9). The normalized spacial score (nSPS) is 8.80. The molecule has 0 saturated heterocycles. The van der Waals surface area contributed by atoms with E-state index in [9.17, 15) is 4.79 Å². The summed E-state index contributed by atoms with van der Waals surface area (Å²) in [4.78, 5) is 13.1. The summed E-state index contributed by atoms with van der Waals surface area (Å²) in [6.07, 6.45) is 2.79. The number of nitrogens with one attached hydrogen (secondary N) is 1. The maximum atomic E-state index is 10.6. The number of aromatic nitrogens is 1. The lowest BCUT2D eigenvalue weighted by Gasteiger charge is -1.94. The van der Waals surface area contributed by atoms with Crippen LogP contribution in [0.2, 0.25) is 0 Å². The van der Waals surface area contributed by atoms with Crippen molar-refractivity contribution in [1.29, 1.82) is 0 Å². The minimum atomic E-state index is -0.181. The van der Waals surface area contributed by atoms with Crippen molar-refractivity contribution in [1.82, 2.24) is 4.98 Å². The molecule has 10 heavy (non-hydrogen) atoms. The molecule has 1 rings (SSSR count). The van der Waals surface area contributed by atoms with Gasteiger partial charge in [0.15, 0.2) is 0 Å². The van der Waals surface area contributed by atoms with Gasteiger partial charge < -0.3 is 9.72 Å². The highest BCUT2D eigenvalue weighted by atomic mass is 16.5. The van der Waals surface area contributed by atoms with Crippen molar-refractivity contribution in [2.75, 3.05) is 0 Å². The maximum Gasteiger partial charge on any atom is 0.251 e. The van der Waals surface area contributed by atoms with Gasteiger partial charge in [0.25, 0.3) is 5.56 Å². The molecule has 0 atom stereocenters. The van der Waals surface area contributed by atoms with Gasteiger partial charge in [-0.05, 0) is 6.07 Å². The van der Waals surface area contributed by atoms with E-state index in [2.05, 4.69) is 11.6 Å². The Morgan fingerprint density at radius 3 is 3.10 bits per heavy atom. The second-order valence-electron chi connectivity index (χ2n) is 1.67. The number of hydrogen-bond donors (Lipinski definition) is 1. The van der Waals surface area contributed by atoms with Gasteiger partial charge in [-0.3, -0.25) is 4.79 Å². The molecule has 0 aliphatic rings. The van der Waals surface area contributed by atoms with E-state index in [0.717, 1.165) is 0 Å². The van der Waals surface area contributed by atoms with Gasteiger partial charge >= 0.3 is 0 Å². The number of rotatable bonds is 2. The molecule has 3 heteroatoms. The van der Waals surface area contributed by atoms with E-state index in [0.29, 0.717) is 5.75 Å². The molecule has 0 bridgehead atoms. The van der Waals surface area contributed by atoms with Crippen LogP contribution in [0.1, 0.15) is 0 Å². The van der Waals surface area contributed by atoms with Crippen LogP contribution in [0, 0.1) is 0 Å². The van der Waals surface area contributed by atoms with Gasteiger partial charge in [0.1, 0.15) is 5.75 Å². The Labute approximate surface area is 58.0 Å². The van der Waals surface area contributed by atoms with Crippen LogP contribution in [0.4, 0.5) is 0 Å². The first-order valence-corrected chi connectivity index (χ1v) is 2.79. The summed E-state index contributed by atoms with van der Waals surface area (Å²) in [5.41, 5.74) is -0.181. The third-order valence-electron chi connectivity index (χ3n) is 0.966. The van der Waals surface area contributed by atoms with E-state index in [1.165, 1.54) is 18.5 Å². The summed E-state index contributed by atoms with van der Waals surface area (Å²) in [6.45, 7) is 3.35. The summed E-state index contributed by atoms with van der Waals surface area (Å²) in [7, 11) is 0. The van der Waals surface area contributed by atoms with Crippen molar-refractivity contribution in [3.8, 4) is 5.75 Å². The lowest BCUT2D eigenvalue weighted by molar-refractivity contribution is 0.482. The Morgan fingerprint density at radius 2 is 2.50 bits per heavy atom. The highest BCUT2D eigenvalue weighted by Gasteiger charge is 1.88. The largest absolute Gasteiger partial charge is 0.465 e. The van der Waals surface area contributed by atoms with Crippen LogP contribution in [-0.4, -0.2) is 4.98 Å². The Kier molecular flexibility index (Phi) is 1.89. The van der Waals surface area contributed by atoms with Gasteiger partial charge in [0.05, 0.1) is 6.26 Å². The predicted octanol–water partition coefficient (Wildman–Crippen LogP) is 0.897. The number of hydrogen-bond acceptors (Lipinski definition) is 2. The van der Waals surface area contributed by atoms with Gasteiger partial charge in [-0.15, -0.1) is 0 Å². The lowest BCUT2D eigenvalue weighted by atomic mass is 10.4. The quantitative estimate of drug-likeness (QED) is 0.615. The molecule has 1 heterocycles. The van der Waals surface area contributed by atoms with Crippen molar-refractivity contribution < 1.29 is 4.74 Å². The van der Waals surface area contributed by atoms with Crippen LogP contribution in [0.3, 0.4) is 0 Å². The molecule has 0 radical (unpaired) electrons. The number of aromatic amines is 1. The van der Waals surface area contributed by atoms with Crippen molar-refractivity contribution >= 4 is 0 Å². The SMILES string of the molecule is C=COc1cc[nH]c(=O)c1. The molecule has 0 amide bonds. The molecule has 0 saturated carbocycles. The molecule has 0 unspecified atom stereocenters. The second-order valence-corrected chi connectivity index (χ2v) is 1.67. The van der Waals surface area contributed by atoms with Crippen LogP contribution >= 0.6 is 0 Å². The summed E-state index contributed by atoms with van der Waals surface area (Å²) in [5, 5.41) is 0. The van der Waals surface area contributed by atoms with E-state index in [1.807, 2.05) is 0 Å². The van der Waals surface area contributed by atoms with Crippen LogP contribution in [-0.2, 0) is 0 Å². The van der Waals surface area contributed by atoms with Gasteiger partial charge in [-0.25, -0.2) is 0 Å². The molecule has 52 valence electrons. The van der Waals surface area contributed by atoms with Crippen LogP contribution in [0.25, 0.3) is 0 Å². The van der Waals surface area contributed by atoms with Crippen LogP contribution in [0.15, 0.2) is 36.0 Å². The summed E-state index contributed by atoms with van der Waals surface area (Å²) < 4.78 is 4.83. The molecule has 1 aromatic rings. The van der Waals surface area contributed by atoms with Gasteiger partial charge in [-0.2, -0.15) is 0 Å². The molecular formula is C7H7NO2. The molecular weight excluding hydrogens is 130 g/mol. The van der Waals surface area contributed by atoms with Gasteiger partial charge in [0.2, 0.25) is 0 Å². The monoisotopic (exact) mass is 137 g/mol. The first-order valence-electron chi connectivity index (χ1n) is 2.79. The summed E-state index contributed by atoms with van der Waals surface area (Å²) in [5.74, 6) is 0.499. The highest BCUT2D eigenvalue weighted by molar-refractivity contribution is 5.17. The molecule has 0 spiro atoms. The zero-order valence-corrected chi connectivity index (χ0v) is 5.33. The Balaban J connectivity index is 2.95. The Hall–Kier alpha value is -1.51. The molecule has 0 fully saturated rings. The third-order valence-corrected chi connectivity index (χ3v) is 0.966. The number of pyridine rings is 1. The molecule has 0 aliphatic heterocycles. The van der Waals surface area contributed by atoms with Crippen molar-refractivity contribution in [2.24, 2.45) is 0 Å². The molecule has 1 aromatic heterocycles. The minimum Gasteiger partial charge on any atom is -0.465 e. The highest BCUT2D eigenvalue weighted by Crippen LogP contribution is 2.02. The topological polar surface area (TPSA) is 42.1 Å². The average molecular weight is 137 g/mol. The predicted molar refractivity (Wildman–Crippen MR) is 37.9 cm³/mol. The van der Waals surface area contributed by atoms with Gasteiger partial charge in [0, 0.05) is 12.3 Å². The van der Waals surface area contributed by atoms with E-state index in [-0.39, 0.29) is 5.56 Å². The van der Waals surface area contributed by atoms with E-state index >= 15 is 0 Å². The summed E-state index contributed by atoms with van der Waals surface area (Å²) >= 11 is 0. The zero-order valence-electron chi connectivity index (χ0n) is 5.33. The fourth-order valence-electron chi connectivity index (χ4n) is 0.594. The molecule has 0 aromatic carbocycles. The zero-order chi connectivity index (χ0) is 7.40. The first kappa shape index (κ1) is 6.61. The Bertz CT molecular complexity index is 277. The smallest absolute Gasteiger partial charge is 0.251 e. The van der Waals surface area contributed by atoms with Crippen molar-refractivity contribution in [3.05, 3.63) is 41.5 Å².